The summed E-state index contributed by atoms with van der Waals surface area (Å²) in [5, 5.41) is 10.4. The van der Waals surface area contributed by atoms with Crippen LogP contribution >= 0.6 is 11.3 Å². The zero-order valence-corrected chi connectivity index (χ0v) is 19.6. The van der Waals surface area contributed by atoms with Crippen molar-refractivity contribution in [3.05, 3.63) is 76.2 Å². The van der Waals surface area contributed by atoms with Crippen LogP contribution in [0.3, 0.4) is 0 Å². The van der Waals surface area contributed by atoms with Gasteiger partial charge in [-0.15, -0.1) is 11.3 Å². The number of pyridine rings is 1. The maximum absolute atomic E-state index is 13.2. The second kappa shape index (κ2) is 8.25. The van der Waals surface area contributed by atoms with Crippen molar-refractivity contribution in [3.8, 4) is 21.7 Å². The number of H-pyrrole nitrogens is 1. The molecule has 0 atom stereocenters. The van der Waals surface area contributed by atoms with Gasteiger partial charge in [0.2, 0.25) is 0 Å². The largest absolute Gasteiger partial charge is 0.348 e. The van der Waals surface area contributed by atoms with Crippen molar-refractivity contribution in [2.45, 2.75) is 34.2 Å². The zero-order valence-electron chi connectivity index (χ0n) is 18.8. The first-order chi connectivity index (χ1) is 15.9. The summed E-state index contributed by atoms with van der Waals surface area (Å²) in [4.78, 5) is 28.6. The van der Waals surface area contributed by atoms with E-state index in [1.807, 2.05) is 43.6 Å². The average molecular weight is 458 g/mol. The van der Waals surface area contributed by atoms with E-state index < -0.39 is 0 Å². The Labute approximate surface area is 194 Å². The van der Waals surface area contributed by atoms with Crippen LogP contribution in [0.25, 0.3) is 27.3 Å². The highest BCUT2D eigenvalue weighted by atomic mass is 32.1. The van der Waals surface area contributed by atoms with Gasteiger partial charge in [-0.3, -0.25) is 14.3 Å². The number of aromatic amines is 1. The summed E-state index contributed by atoms with van der Waals surface area (Å²) in [5.41, 5.74) is 6.73. The maximum atomic E-state index is 13.2. The monoisotopic (exact) mass is 457 g/mol. The fraction of sp³-hybridized carbons (Fsp3) is 0.208. The molecule has 5 heterocycles. The second-order valence-corrected chi connectivity index (χ2v) is 9.31. The summed E-state index contributed by atoms with van der Waals surface area (Å²) in [6, 6.07) is 6.06. The van der Waals surface area contributed by atoms with Crippen molar-refractivity contribution >= 4 is 22.9 Å². The number of rotatable bonds is 5. The normalized spacial score (nSPS) is 11.3. The first kappa shape index (κ1) is 21.0. The molecule has 0 bridgehead atoms. The topological polar surface area (TPSA) is 101 Å². The van der Waals surface area contributed by atoms with Crippen LogP contribution in [0.1, 0.15) is 38.0 Å². The molecule has 5 aromatic heterocycles. The van der Waals surface area contributed by atoms with Gasteiger partial charge in [0.05, 0.1) is 28.0 Å². The van der Waals surface area contributed by atoms with Crippen molar-refractivity contribution in [1.29, 1.82) is 0 Å². The Bertz CT molecular complexity index is 1460. The third-order valence-corrected chi connectivity index (χ3v) is 6.57. The van der Waals surface area contributed by atoms with Crippen LogP contribution in [0.5, 0.6) is 0 Å². The lowest BCUT2D eigenvalue weighted by Gasteiger charge is -2.11. The smallest absolute Gasteiger partial charge is 0.253 e. The third-order valence-electron chi connectivity index (χ3n) is 5.55. The van der Waals surface area contributed by atoms with Gasteiger partial charge in [0, 0.05) is 52.4 Å². The number of thiophene rings is 1. The highest BCUT2D eigenvalue weighted by Gasteiger charge is 2.20. The Balaban J connectivity index is 1.60. The fourth-order valence-corrected chi connectivity index (χ4v) is 4.77. The summed E-state index contributed by atoms with van der Waals surface area (Å²) in [7, 11) is 0. The molecule has 1 amide bonds. The summed E-state index contributed by atoms with van der Waals surface area (Å²) >= 11 is 1.70. The number of fused-ring (bicyclic) bond motifs is 1. The number of hydrogen-bond acceptors (Lipinski definition) is 6. The molecule has 9 heteroatoms. The predicted molar refractivity (Wildman–Crippen MR) is 128 cm³/mol. The third kappa shape index (κ3) is 3.91. The lowest BCUT2D eigenvalue weighted by molar-refractivity contribution is 0.0950. The Morgan fingerprint density at radius 3 is 2.55 bits per heavy atom. The van der Waals surface area contributed by atoms with E-state index in [1.165, 1.54) is 4.88 Å². The molecule has 0 saturated heterocycles. The van der Waals surface area contributed by atoms with Gasteiger partial charge in [-0.05, 0) is 45.9 Å². The highest BCUT2D eigenvalue weighted by Crippen LogP contribution is 2.34. The van der Waals surface area contributed by atoms with E-state index in [1.54, 1.807) is 23.7 Å². The van der Waals surface area contributed by atoms with Crippen molar-refractivity contribution in [2.24, 2.45) is 0 Å². The van der Waals surface area contributed by atoms with Crippen LogP contribution < -0.4 is 5.32 Å². The van der Waals surface area contributed by atoms with E-state index in [-0.39, 0.29) is 5.91 Å². The molecule has 8 nitrogen and oxygen atoms in total. The standard InChI is InChI=1S/C24H23N7OS/c1-13-5-6-21(33-13)20-11-27-23-19(22-14(2)29-30-15(22)3)7-18(12-31(20)23)24(32)28-10-17-8-25-16(4)26-9-17/h5-9,11-12H,10H2,1-4H3,(H,28,32)(H,29,30). The van der Waals surface area contributed by atoms with Gasteiger partial charge in [-0.2, -0.15) is 5.10 Å². The molecule has 5 aromatic rings. The SMILES string of the molecule is Cc1ncc(CNC(=O)c2cc(-c3c(C)n[nH]c3C)c3ncc(-c4ccc(C)s4)n3c2)cn1. The van der Waals surface area contributed by atoms with E-state index >= 15 is 0 Å². The zero-order chi connectivity index (χ0) is 23.1. The number of nitrogens with zero attached hydrogens (tertiary/aromatic N) is 5. The van der Waals surface area contributed by atoms with Crippen molar-refractivity contribution < 1.29 is 4.79 Å². The predicted octanol–water partition coefficient (Wildman–Crippen LogP) is 4.41. The molecular weight excluding hydrogens is 434 g/mol. The van der Waals surface area contributed by atoms with Gasteiger partial charge >= 0.3 is 0 Å². The molecular formula is C24H23N7OS. The van der Waals surface area contributed by atoms with Gasteiger partial charge in [0.1, 0.15) is 11.5 Å². The Morgan fingerprint density at radius 2 is 1.88 bits per heavy atom. The van der Waals surface area contributed by atoms with Crippen LogP contribution in [0, 0.1) is 27.7 Å². The highest BCUT2D eigenvalue weighted by molar-refractivity contribution is 7.15. The summed E-state index contributed by atoms with van der Waals surface area (Å²) in [6.45, 7) is 8.18. The Kier molecular flexibility index (Phi) is 5.26. The number of carbonyl (C=O) groups excluding carboxylic acids is 1. The molecule has 0 aromatic carbocycles. The summed E-state index contributed by atoms with van der Waals surface area (Å²) < 4.78 is 2.00. The summed E-state index contributed by atoms with van der Waals surface area (Å²) in [5.74, 6) is 0.516. The Hall–Kier alpha value is -3.85. The van der Waals surface area contributed by atoms with Crippen LogP contribution in [-0.2, 0) is 6.54 Å². The number of amides is 1. The van der Waals surface area contributed by atoms with Crippen molar-refractivity contribution in [1.82, 2.24) is 34.9 Å². The van der Waals surface area contributed by atoms with Gasteiger partial charge in [0.15, 0.2) is 0 Å². The van der Waals surface area contributed by atoms with Gasteiger partial charge < -0.3 is 5.32 Å². The first-order valence-electron chi connectivity index (χ1n) is 10.6. The molecule has 0 spiro atoms. The molecule has 33 heavy (non-hydrogen) atoms. The molecule has 0 aliphatic carbocycles. The van der Waals surface area contributed by atoms with Crippen molar-refractivity contribution in [3.63, 3.8) is 0 Å². The number of aryl methyl sites for hydroxylation is 4. The molecule has 0 radical (unpaired) electrons. The number of nitrogens with one attached hydrogen (secondary N) is 2. The van der Waals surface area contributed by atoms with Gasteiger partial charge in [-0.25, -0.2) is 15.0 Å². The minimum absolute atomic E-state index is 0.181. The average Bonchev–Trinajstić information content (AvgIpc) is 3.51. The molecule has 0 saturated carbocycles. The first-order valence-corrected chi connectivity index (χ1v) is 11.4. The molecule has 0 aliphatic heterocycles. The lowest BCUT2D eigenvalue weighted by atomic mass is 10.0. The minimum atomic E-state index is -0.181. The van der Waals surface area contributed by atoms with Crippen LogP contribution in [0.2, 0.25) is 0 Å². The van der Waals surface area contributed by atoms with E-state index in [4.69, 9.17) is 4.98 Å². The van der Waals surface area contributed by atoms with Crippen molar-refractivity contribution in [2.75, 3.05) is 0 Å². The Morgan fingerprint density at radius 1 is 1.09 bits per heavy atom. The maximum Gasteiger partial charge on any atom is 0.253 e. The molecule has 0 aliphatic rings. The van der Waals surface area contributed by atoms with E-state index in [0.717, 1.165) is 44.3 Å². The van der Waals surface area contributed by atoms with Gasteiger partial charge in [0.25, 0.3) is 5.91 Å². The minimum Gasteiger partial charge on any atom is -0.348 e. The number of hydrogen-bond donors (Lipinski definition) is 2. The summed E-state index contributed by atoms with van der Waals surface area (Å²) in [6.07, 6.45) is 7.16. The molecule has 0 unspecified atom stereocenters. The number of imidazole rings is 1. The molecule has 2 N–H and O–H groups in total. The quantitative estimate of drug-likeness (QED) is 0.407. The molecule has 0 fully saturated rings. The van der Waals surface area contributed by atoms with Gasteiger partial charge in [-0.1, -0.05) is 0 Å². The van der Waals surface area contributed by atoms with Crippen LogP contribution in [0.15, 0.2) is 43.0 Å². The molecule has 5 rings (SSSR count). The molecule has 166 valence electrons. The number of carbonyl (C=O) groups is 1. The fourth-order valence-electron chi connectivity index (χ4n) is 3.89. The van der Waals surface area contributed by atoms with E-state index in [0.29, 0.717) is 17.9 Å². The van der Waals surface area contributed by atoms with Crippen LogP contribution in [0.4, 0.5) is 0 Å². The van der Waals surface area contributed by atoms with E-state index in [2.05, 4.69) is 44.5 Å². The lowest BCUT2D eigenvalue weighted by Crippen LogP contribution is -2.23. The number of aromatic nitrogens is 6. The second-order valence-electron chi connectivity index (χ2n) is 8.02. The van der Waals surface area contributed by atoms with Crippen LogP contribution in [-0.4, -0.2) is 35.5 Å². The van der Waals surface area contributed by atoms with E-state index in [9.17, 15) is 4.79 Å².